The number of hydrogen-bond donors (Lipinski definition) is 2. The average Bonchev–Trinajstić information content (AvgIpc) is 2.76. The lowest BCUT2D eigenvalue weighted by Crippen LogP contribution is -2.33. The second-order valence-electron chi connectivity index (χ2n) is 5.72. The highest BCUT2D eigenvalue weighted by Crippen LogP contribution is 2.16. The van der Waals surface area contributed by atoms with Crippen LogP contribution in [0.3, 0.4) is 0 Å². The van der Waals surface area contributed by atoms with Gasteiger partial charge in [0.25, 0.3) is 5.91 Å². The number of carbonyl (C=O) groups excluding carboxylic acids is 1. The van der Waals surface area contributed by atoms with E-state index < -0.39 is 0 Å². The third-order valence-electron chi connectivity index (χ3n) is 3.79. The third kappa shape index (κ3) is 4.33. The van der Waals surface area contributed by atoms with Crippen LogP contribution in [0.2, 0.25) is 5.02 Å². The van der Waals surface area contributed by atoms with Crippen LogP contribution in [0, 0.1) is 13.8 Å². The first-order valence-corrected chi connectivity index (χ1v) is 8.00. The number of hydrogen-bond acceptors (Lipinski definition) is 3. The summed E-state index contributed by atoms with van der Waals surface area (Å²) in [6.07, 6.45) is 0.531. The number of nitrogens with zero attached hydrogens (tertiary/aromatic N) is 2. The molecular formula is C17H22ClN3O2. The maximum Gasteiger partial charge on any atom is 0.255 e. The molecule has 5 nitrogen and oxygen atoms in total. The van der Waals surface area contributed by atoms with Crippen LogP contribution in [0.4, 0.5) is 0 Å². The molecule has 0 bridgehead atoms. The first-order chi connectivity index (χ1) is 10.9. The summed E-state index contributed by atoms with van der Waals surface area (Å²) in [7, 11) is 0. The molecule has 0 spiro atoms. The second kappa shape index (κ2) is 7.62. The molecule has 1 aromatic carbocycles. The van der Waals surface area contributed by atoms with Crippen molar-refractivity contribution in [3.05, 3.63) is 51.8 Å². The molecule has 1 unspecified atom stereocenters. The molecular weight excluding hydrogens is 314 g/mol. The van der Waals surface area contributed by atoms with Crippen LogP contribution in [0.5, 0.6) is 0 Å². The normalized spacial score (nSPS) is 12.2. The summed E-state index contributed by atoms with van der Waals surface area (Å²) in [6, 6.07) is 7.49. The number of aromatic nitrogens is 2. The fourth-order valence-corrected chi connectivity index (χ4v) is 2.63. The van der Waals surface area contributed by atoms with Crippen LogP contribution in [0.25, 0.3) is 0 Å². The van der Waals surface area contributed by atoms with Crippen molar-refractivity contribution >= 4 is 17.5 Å². The lowest BCUT2D eigenvalue weighted by atomic mass is 10.1. The first kappa shape index (κ1) is 17.5. The Bertz CT molecular complexity index is 680. The molecule has 6 heteroatoms. The number of aliphatic hydroxyl groups is 1. The summed E-state index contributed by atoms with van der Waals surface area (Å²) >= 11 is 5.90. The zero-order chi connectivity index (χ0) is 17.0. The van der Waals surface area contributed by atoms with Gasteiger partial charge in [-0.1, -0.05) is 23.7 Å². The minimum Gasteiger partial charge on any atom is -0.396 e. The third-order valence-corrected chi connectivity index (χ3v) is 4.05. The number of halogens is 1. The molecule has 1 amide bonds. The van der Waals surface area contributed by atoms with Crippen molar-refractivity contribution in [3.63, 3.8) is 0 Å². The largest absolute Gasteiger partial charge is 0.396 e. The number of aliphatic hydroxyl groups excluding tert-OH is 1. The van der Waals surface area contributed by atoms with Crippen LogP contribution in [0.1, 0.15) is 40.7 Å². The van der Waals surface area contributed by atoms with E-state index in [1.165, 1.54) is 0 Å². The van der Waals surface area contributed by atoms with E-state index in [0.29, 0.717) is 29.2 Å². The smallest absolute Gasteiger partial charge is 0.255 e. The maximum absolute atomic E-state index is 12.4. The minimum absolute atomic E-state index is 0.0508. The number of rotatable bonds is 6. The van der Waals surface area contributed by atoms with E-state index >= 15 is 0 Å². The molecule has 0 saturated carbocycles. The molecule has 0 aliphatic heterocycles. The molecule has 0 fully saturated rings. The Balaban J connectivity index is 2.18. The topological polar surface area (TPSA) is 67.2 Å². The molecule has 0 aliphatic rings. The molecule has 23 heavy (non-hydrogen) atoms. The van der Waals surface area contributed by atoms with Gasteiger partial charge in [-0.25, -0.2) is 0 Å². The van der Waals surface area contributed by atoms with Crippen LogP contribution in [0.15, 0.2) is 24.3 Å². The highest BCUT2D eigenvalue weighted by molar-refractivity contribution is 6.30. The summed E-state index contributed by atoms with van der Waals surface area (Å²) in [6.45, 7) is 6.23. The lowest BCUT2D eigenvalue weighted by molar-refractivity contribution is 0.0933. The molecule has 1 heterocycles. The number of benzene rings is 1. The fraction of sp³-hybridized carbons (Fsp3) is 0.412. The highest BCUT2D eigenvalue weighted by Gasteiger charge is 2.19. The number of carbonyl (C=O) groups is 1. The van der Waals surface area contributed by atoms with Gasteiger partial charge in [0.05, 0.1) is 17.8 Å². The van der Waals surface area contributed by atoms with Gasteiger partial charge in [0.15, 0.2) is 0 Å². The molecule has 2 N–H and O–H groups in total. The van der Waals surface area contributed by atoms with Gasteiger partial charge >= 0.3 is 0 Å². The molecule has 0 saturated heterocycles. The second-order valence-corrected chi connectivity index (χ2v) is 6.15. The van der Waals surface area contributed by atoms with Gasteiger partial charge in [-0.15, -0.1) is 0 Å². The van der Waals surface area contributed by atoms with E-state index in [0.717, 1.165) is 11.3 Å². The standard InChI is InChI=1S/C17H22ClN3O2/c1-11(8-9-22)19-17(23)16-12(2)20-21(13(16)3)10-14-4-6-15(18)7-5-14/h4-7,11,22H,8-10H2,1-3H3,(H,19,23). The minimum atomic E-state index is -0.150. The van der Waals surface area contributed by atoms with E-state index in [1.807, 2.05) is 49.7 Å². The van der Waals surface area contributed by atoms with Crippen molar-refractivity contribution in [2.45, 2.75) is 39.8 Å². The molecule has 2 rings (SSSR count). The summed E-state index contributed by atoms with van der Waals surface area (Å²) in [5.74, 6) is -0.150. The van der Waals surface area contributed by atoms with Crippen molar-refractivity contribution in [3.8, 4) is 0 Å². The van der Waals surface area contributed by atoms with E-state index in [9.17, 15) is 4.79 Å². The first-order valence-electron chi connectivity index (χ1n) is 7.62. The van der Waals surface area contributed by atoms with E-state index in [4.69, 9.17) is 16.7 Å². The lowest BCUT2D eigenvalue weighted by Gasteiger charge is -2.12. The Morgan fingerprint density at radius 2 is 2.00 bits per heavy atom. The van der Waals surface area contributed by atoms with Crippen LogP contribution < -0.4 is 5.32 Å². The molecule has 0 radical (unpaired) electrons. The van der Waals surface area contributed by atoms with E-state index in [1.54, 1.807) is 0 Å². The monoisotopic (exact) mass is 335 g/mol. The van der Waals surface area contributed by atoms with Crippen molar-refractivity contribution in [1.29, 1.82) is 0 Å². The quantitative estimate of drug-likeness (QED) is 0.853. The van der Waals surface area contributed by atoms with Gasteiger partial charge in [-0.2, -0.15) is 5.10 Å². The molecule has 2 aromatic rings. The molecule has 1 atom stereocenters. The van der Waals surface area contributed by atoms with Gasteiger partial charge in [0.2, 0.25) is 0 Å². The summed E-state index contributed by atoms with van der Waals surface area (Å²) < 4.78 is 1.82. The van der Waals surface area contributed by atoms with E-state index in [-0.39, 0.29) is 18.6 Å². The van der Waals surface area contributed by atoms with Gasteiger partial charge in [0, 0.05) is 23.4 Å². The Morgan fingerprint density at radius 3 is 2.61 bits per heavy atom. The summed E-state index contributed by atoms with van der Waals surface area (Å²) in [5.41, 5.74) is 3.20. The molecule has 1 aromatic heterocycles. The van der Waals surface area contributed by atoms with Crippen LogP contribution in [-0.2, 0) is 6.54 Å². The van der Waals surface area contributed by atoms with Gasteiger partial charge in [0.1, 0.15) is 0 Å². The van der Waals surface area contributed by atoms with Gasteiger partial charge in [-0.05, 0) is 44.9 Å². The van der Waals surface area contributed by atoms with Crippen LogP contribution >= 0.6 is 11.6 Å². The maximum atomic E-state index is 12.4. The SMILES string of the molecule is Cc1nn(Cc2ccc(Cl)cc2)c(C)c1C(=O)NC(C)CCO. The highest BCUT2D eigenvalue weighted by atomic mass is 35.5. The van der Waals surface area contributed by atoms with Gasteiger partial charge in [-0.3, -0.25) is 9.48 Å². The fourth-order valence-electron chi connectivity index (χ4n) is 2.50. The average molecular weight is 336 g/mol. The number of amides is 1. The van der Waals surface area contributed by atoms with Crippen molar-refractivity contribution in [1.82, 2.24) is 15.1 Å². The number of nitrogens with one attached hydrogen (secondary N) is 1. The van der Waals surface area contributed by atoms with Crippen molar-refractivity contribution in [2.24, 2.45) is 0 Å². The molecule has 0 aliphatic carbocycles. The van der Waals surface area contributed by atoms with Gasteiger partial charge < -0.3 is 10.4 Å². The Morgan fingerprint density at radius 1 is 1.35 bits per heavy atom. The van der Waals surface area contributed by atoms with Crippen LogP contribution in [-0.4, -0.2) is 33.4 Å². The molecule has 124 valence electrons. The van der Waals surface area contributed by atoms with E-state index in [2.05, 4.69) is 10.4 Å². The number of aryl methyl sites for hydroxylation is 1. The Hall–Kier alpha value is -1.85. The summed E-state index contributed by atoms with van der Waals surface area (Å²) in [5, 5.41) is 17.0. The predicted octanol–water partition coefficient (Wildman–Crippen LogP) is 2.70. The van der Waals surface area contributed by atoms with Crippen molar-refractivity contribution < 1.29 is 9.90 Å². The zero-order valence-corrected chi connectivity index (χ0v) is 14.4. The Labute approximate surface area is 141 Å². The van der Waals surface area contributed by atoms with Crippen molar-refractivity contribution in [2.75, 3.05) is 6.61 Å². The predicted molar refractivity (Wildman–Crippen MR) is 90.9 cm³/mol. The Kier molecular flexibility index (Phi) is 5.80. The summed E-state index contributed by atoms with van der Waals surface area (Å²) in [4.78, 5) is 12.4. The zero-order valence-electron chi connectivity index (χ0n) is 13.6.